The number of carbonyl (C=O) groups excluding carboxylic acids is 1. The third kappa shape index (κ3) is 10.6. The molecular weight excluding hydrogens is 773 g/mol. The van der Waals surface area contributed by atoms with E-state index in [1.807, 2.05) is 43.3 Å². The van der Waals surface area contributed by atoms with Crippen molar-refractivity contribution in [3.05, 3.63) is 132 Å². The highest BCUT2D eigenvalue weighted by Crippen LogP contribution is 2.37. The zero-order valence-electron chi connectivity index (χ0n) is 34.3. The predicted octanol–water partition coefficient (Wildman–Crippen LogP) is 7.68. The molecule has 1 aliphatic rings. The van der Waals surface area contributed by atoms with E-state index in [0.29, 0.717) is 42.9 Å². The lowest BCUT2D eigenvalue weighted by Gasteiger charge is -2.43. The molecule has 1 aliphatic heterocycles. The minimum absolute atomic E-state index is 0.0158. The molecule has 4 aromatic carbocycles. The highest BCUT2D eigenvalue weighted by atomic mass is 32.2. The van der Waals surface area contributed by atoms with Crippen LogP contribution in [0.4, 0.5) is 4.79 Å². The molecule has 11 nitrogen and oxygen atoms in total. The normalized spacial score (nSPS) is 13.2. The van der Waals surface area contributed by atoms with E-state index in [-0.39, 0.29) is 29.0 Å². The van der Waals surface area contributed by atoms with Crippen molar-refractivity contribution in [2.24, 2.45) is 0 Å². The van der Waals surface area contributed by atoms with Crippen molar-refractivity contribution in [1.29, 1.82) is 0 Å². The van der Waals surface area contributed by atoms with Crippen LogP contribution in [-0.2, 0) is 30.5 Å². The summed E-state index contributed by atoms with van der Waals surface area (Å²) in [7, 11) is -7.19. The largest absolute Gasteiger partial charge is 0.479 e. The average Bonchev–Trinajstić information content (AvgIpc) is 3.64. The zero-order valence-corrected chi connectivity index (χ0v) is 36.1. The van der Waals surface area contributed by atoms with Gasteiger partial charge in [-0.1, -0.05) is 105 Å². The number of carboxylic acid groups (broad SMARTS) is 1. The predicted molar refractivity (Wildman–Crippen MR) is 226 cm³/mol. The number of nitrogens with zero attached hydrogens (tertiary/aromatic N) is 1. The zero-order chi connectivity index (χ0) is 42.1. The van der Waals surface area contributed by atoms with Gasteiger partial charge in [0.2, 0.25) is 6.79 Å². The summed E-state index contributed by atoms with van der Waals surface area (Å²) >= 11 is 0. The average molecular weight is 827 g/mol. The summed E-state index contributed by atoms with van der Waals surface area (Å²) < 4.78 is 53.6. The van der Waals surface area contributed by atoms with Gasteiger partial charge in [0.15, 0.2) is 17.5 Å². The molecule has 0 spiro atoms. The summed E-state index contributed by atoms with van der Waals surface area (Å²) in [6, 6.07) is 30.1. The van der Waals surface area contributed by atoms with Crippen LogP contribution in [0.15, 0.2) is 126 Å². The first kappa shape index (κ1) is 43.8. The second-order valence-electron chi connectivity index (χ2n) is 16.2. The van der Waals surface area contributed by atoms with Crippen LogP contribution in [0.25, 0.3) is 0 Å². The van der Waals surface area contributed by atoms with Gasteiger partial charge in [-0.3, -0.25) is 4.31 Å². The van der Waals surface area contributed by atoms with E-state index in [4.69, 9.17) is 18.6 Å². The van der Waals surface area contributed by atoms with Gasteiger partial charge in [0.05, 0.1) is 11.4 Å². The van der Waals surface area contributed by atoms with Gasteiger partial charge in [-0.05, 0) is 98.3 Å². The SMILES string of the molecule is Cc1ccc(S(=O)(=O)N(Cc2ccc3c(c2)OCO3)C(=C=CCCCCO[Si](c2ccccc2)(c2ccccc2)C(C)(C)C)C(NC(=O)OC(C)(C)C)C(=O)O)cc1. The van der Waals surface area contributed by atoms with Crippen LogP contribution in [-0.4, -0.2) is 63.3 Å². The highest BCUT2D eigenvalue weighted by Gasteiger charge is 2.50. The molecule has 0 fully saturated rings. The number of amides is 1. The molecule has 4 aromatic rings. The third-order valence-electron chi connectivity index (χ3n) is 9.55. The van der Waals surface area contributed by atoms with E-state index in [1.165, 1.54) is 22.5 Å². The highest BCUT2D eigenvalue weighted by molar-refractivity contribution is 7.89. The van der Waals surface area contributed by atoms with Crippen LogP contribution in [0.3, 0.4) is 0 Å². The van der Waals surface area contributed by atoms with Gasteiger partial charge >= 0.3 is 12.1 Å². The minimum atomic E-state index is -4.44. The second-order valence-corrected chi connectivity index (χ2v) is 22.3. The molecule has 0 aromatic heterocycles. The van der Waals surface area contributed by atoms with Gasteiger partial charge in [-0.15, -0.1) is 5.73 Å². The fourth-order valence-corrected chi connectivity index (χ4v) is 12.9. The van der Waals surface area contributed by atoms with E-state index in [9.17, 15) is 23.1 Å². The van der Waals surface area contributed by atoms with Crippen molar-refractivity contribution in [3.8, 4) is 11.5 Å². The number of nitrogens with one attached hydrogen (secondary N) is 1. The number of fused-ring (bicyclic) bond motifs is 1. The summed E-state index contributed by atoms with van der Waals surface area (Å²) in [6.45, 7) is 13.6. The number of ether oxygens (including phenoxy) is 3. The van der Waals surface area contributed by atoms with Crippen molar-refractivity contribution < 1.29 is 41.7 Å². The van der Waals surface area contributed by atoms with Gasteiger partial charge in [0, 0.05) is 6.61 Å². The number of aliphatic carboxylic acids is 1. The molecule has 0 saturated carbocycles. The maximum absolute atomic E-state index is 14.6. The lowest BCUT2D eigenvalue weighted by molar-refractivity contribution is -0.138. The summed E-state index contributed by atoms with van der Waals surface area (Å²) in [5.41, 5.74) is 3.08. The Hall–Kier alpha value is -5.33. The minimum Gasteiger partial charge on any atom is -0.479 e. The molecule has 58 heavy (non-hydrogen) atoms. The van der Waals surface area contributed by atoms with Gasteiger partial charge < -0.3 is 29.1 Å². The fraction of sp³-hybridized carbons (Fsp3) is 0.356. The Morgan fingerprint density at radius 1 is 0.879 bits per heavy atom. The first-order chi connectivity index (χ1) is 27.4. The number of unbranched alkanes of at least 4 members (excludes halogenated alkanes) is 2. The maximum Gasteiger partial charge on any atom is 0.408 e. The molecule has 0 bridgehead atoms. The van der Waals surface area contributed by atoms with Crippen molar-refractivity contribution in [1.82, 2.24) is 9.62 Å². The van der Waals surface area contributed by atoms with E-state index in [1.54, 1.807) is 57.2 Å². The molecule has 0 saturated heterocycles. The van der Waals surface area contributed by atoms with Crippen LogP contribution in [0.1, 0.15) is 71.9 Å². The van der Waals surface area contributed by atoms with E-state index >= 15 is 0 Å². The number of alkyl carbamates (subject to hydrolysis) is 1. The molecule has 1 unspecified atom stereocenters. The standard InChI is InChI=1S/C45H54N2O9SSi/c1-33-23-26-35(27-24-33)57(51,52)47(31-34-25-28-39-40(30-34)54-32-53-39)38(41(42(48)49)46-43(50)56-44(2,3)4)22-16-8-9-17-29-55-58(45(5,6)7,36-18-12-10-13-19-36)37-20-14-11-15-21-37/h10-16,18-21,23-28,30,41H,8-9,17,29,31-32H2,1-7H3,(H,46,50)(H,48,49). The lowest BCUT2D eigenvalue weighted by Crippen LogP contribution is -2.66. The monoisotopic (exact) mass is 826 g/mol. The molecule has 1 heterocycles. The molecule has 308 valence electrons. The van der Waals surface area contributed by atoms with Crippen LogP contribution in [0, 0.1) is 6.92 Å². The van der Waals surface area contributed by atoms with Crippen LogP contribution >= 0.6 is 0 Å². The number of hydrogen-bond acceptors (Lipinski definition) is 8. The second kappa shape index (κ2) is 18.5. The van der Waals surface area contributed by atoms with Crippen LogP contribution in [0.2, 0.25) is 5.04 Å². The first-order valence-electron chi connectivity index (χ1n) is 19.3. The number of hydrogen-bond donors (Lipinski definition) is 2. The van der Waals surface area contributed by atoms with Gasteiger partial charge in [-0.2, -0.15) is 0 Å². The van der Waals surface area contributed by atoms with E-state index in [2.05, 4.69) is 56.1 Å². The Kier molecular flexibility index (Phi) is 14.0. The molecule has 0 radical (unpaired) electrons. The molecule has 5 rings (SSSR count). The molecule has 0 aliphatic carbocycles. The fourth-order valence-electron chi connectivity index (χ4n) is 6.83. The van der Waals surface area contributed by atoms with Crippen molar-refractivity contribution >= 4 is 40.8 Å². The molecule has 1 atom stereocenters. The Bertz CT molecular complexity index is 2170. The Balaban J connectivity index is 1.50. The van der Waals surface area contributed by atoms with Crippen molar-refractivity contribution in [3.63, 3.8) is 0 Å². The number of carbonyl (C=O) groups is 2. The smallest absolute Gasteiger partial charge is 0.408 e. The molecule has 13 heteroatoms. The van der Waals surface area contributed by atoms with Gasteiger partial charge in [0.1, 0.15) is 11.3 Å². The Morgan fingerprint density at radius 2 is 1.48 bits per heavy atom. The molecular formula is C45H54N2O9SSi. The summed E-state index contributed by atoms with van der Waals surface area (Å²) in [5.74, 6) is -0.579. The topological polar surface area (TPSA) is 141 Å². The third-order valence-corrected chi connectivity index (χ3v) is 16.4. The summed E-state index contributed by atoms with van der Waals surface area (Å²) in [6.07, 6.45) is 2.29. The van der Waals surface area contributed by atoms with Crippen LogP contribution in [0.5, 0.6) is 11.5 Å². The number of rotatable bonds is 16. The molecule has 1 amide bonds. The first-order valence-corrected chi connectivity index (χ1v) is 22.7. The van der Waals surface area contributed by atoms with Crippen LogP contribution < -0.4 is 25.2 Å². The van der Waals surface area contributed by atoms with Gasteiger partial charge in [-0.25, -0.2) is 18.0 Å². The Morgan fingerprint density at radius 3 is 2.05 bits per heavy atom. The number of aryl methyl sites for hydroxylation is 1. The molecule has 2 N–H and O–H groups in total. The maximum atomic E-state index is 14.6. The van der Waals surface area contributed by atoms with Crippen molar-refractivity contribution in [2.75, 3.05) is 13.4 Å². The summed E-state index contributed by atoms with van der Waals surface area (Å²) in [4.78, 5) is 26.0. The quantitative estimate of drug-likeness (QED) is 0.0662. The number of benzene rings is 4. The van der Waals surface area contributed by atoms with Gasteiger partial charge in [0.25, 0.3) is 18.3 Å². The number of sulfonamides is 1. The Labute approximate surface area is 343 Å². The van der Waals surface area contributed by atoms with E-state index < -0.39 is 42.0 Å². The van der Waals surface area contributed by atoms with E-state index in [0.717, 1.165) is 9.87 Å². The number of carboxylic acids is 1. The van der Waals surface area contributed by atoms with Crippen molar-refractivity contribution in [2.45, 2.75) is 95.9 Å². The lowest BCUT2D eigenvalue weighted by atomic mass is 10.1. The summed E-state index contributed by atoms with van der Waals surface area (Å²) in [5, 5.41) is 15.1.